The second-order valence-corrected chi connectivity index (χ2v) is 5.32. The van der Waals surface area contributed by atoms with Gasteiger partial charge in [-0.05, 0) is 36.6 Å². The molecule has 19 heavy (non-hydrogen) atoms. The summed E-state index contributed by atoms with van der Waals surface area (Å²) in [4.78, 5) is 1.89. The molecule has 0 spiro atoms. The molecule has 2 rings (SSSR count). The lowest BCUT2D eigenvalue weighted by molar-refractivity contribution is -0.127. The van der Waals surface area contributed by atoms with Crippen molar-refractivity contribution in [3.8, 4) is 0 Å². The van der Waals surface area contributed by atoms with E-state index >= 15 is 0 Å². The molecule has 106 valence electrons. The summed E-state index contributed by atoms with van der Waals surface area (Å²) in [6.07, 6.45) is -2.71. The third kappa shape index (κ3) is 3.41. The van der Waals surface area contributed by atoms with Crippen LogP contribution in [-0.4, -0.2) is 35.1 Å². The molecule has 1 N–H and O–H groups in total. The first-order valence-electron chi connectivity index (χ1n) is 6.07. The maximum Gasteiger partial charge on any atom is 0.266 e. The van der Waals surface area contributed by atoms with Gasteiger partial charge in [0.15, 0.2) is 0 Å². The van der Waals surface area contributed by atoms with Crippen molar-refractivity contribution in [2.45, 2.75) is 31.4 Å². The molecule has 0 amide bonds. The molecule has 0 radical (unpaired) electrons. The lowest BCUT2D eigenvalue weighted by atomic mass is 9.92. The van der Waals surface area contributed by atoms with Gasteiger partial charge in [0.2, 0.25) is 0 Å². The molecule has 1 aromatic carbocycles. The second kappa shape index (κ2) is 5.69. The smallest absolute Gasteiger partial charge is 0.266 e. The standard InChI is InChI=1S/C13H15ClF3NO/c14-11-2-1-10(15)7-9(11)8-18-5-3-13(19,4-6-18)12(16)17/h1-2,7,12,19H,3-6,8H2. The summed E-state index contributed by atoms with van der Waals surface area (Å²) in [6.45, 7) is 1.08. The zero-order valence-electron chi connectivity index (χ0n) is 10.3. The van der Waals surface area contributed by atoms with E-state index in [9.17, 15) is 18.3 Å². The van der Waals surface area contributed by atoms with Gasteiger partial charge < -0.3 is 5.11 Å². The maximum atomic E-state index is 13.1. The number of halogens is 4. The van der Waals surface area contributed by atoms with E-state index in [-0.39, 0.29) is 18.7 Å². The highest BCUT2D eigenvalue weighted by molar-refractivity contribution is 6.31. The number of hydrogen-bond donors (Lipinski definition) is 1. The van der Waals surface area contributed by atoms with Gasteiger partial charge in [-0.15, -0.1) is 0 Å². The molecule has 0 aliphatic carbocycles. The highest BCUT2D eigenvalue weighted by atomic mass is 35.5. The number of hydrogen-bond acceptors (Lipinski definition) is 2. The van der Waals surface area contributed by atoms with Gasteiger partial charge in [0.1, 0.15) is 11.4 Å². The van der Waals surface area contributed by atoms with E-state index < -0.39 is 12.0 Å². The molecule has 6 heteroatoms. The Kier molecular flexibility index (Phi) is 4.38. The molecule has 2 nitrogen and oxygen atoms in total. The van der Waals surface area contributed by atoms with Gasteiger partial charge in [-0.2, -0.15) is 0 Å². The normalized spacial score (nSPS) is 19.9. The van der Waals surface area contributed by atoms with Crippen molar-refractivity contribution in [1.29, 1.82) is 0 Å². The quantitative estimate of drug-likeness (QED) is 0.926. The Morgan fingerprint density at radius 2 is 1.95 bits per heavy atom. The zero-order valence-corrected chi connectivity index (χ0v) is 11.0. The Morgan fingerprint density at radius 3 is 2.53 bits per heavy atom. The third-order valence-electron chi connectivity index (χ3n) is 3.53. The fourth-order valence-electron chi connectivity index (χ4n) is 2.22. The van der Waals surface area contributed by atoms with Crippen LogP contribution in [0.15, 0.2) is 18.2 Å². The molecule has 1 aliphatic heterocycles. The minimum atomic E-state index is -2.73. The summed E-state index contributed by atoms with van der Waals surface area (Å²) in [5.74, 6) is -0.375. The number of nitrogens with zero attached hydrogens (tertiary/aromatic N) is 1. The molecule has 0 saturated carbocycles. The minimum Gasteiger partial charge on any atom is -0.384 e. The Labute approximate surface area is 114 Å². The molecule has 1 aromatic rings. The van der Waals surface area contributed by atoms with Crippen molar-refractivity contribution < 1.29 is 18.3 Å². The number of piperidine rings is 1. The summed E-state index contributed by atoms with van der Waals surface area (Å²) < 4.78 is 38.4. The van der Waals surface area contributed by atoms with Crippen LogP contribution in [0.3, 0.4) is 0 Å². The highest BCUT2D eigenvalue weighted by Crippen LogP contribution is 2.30. The van der Waals surface area contributed by atoms with Gasteiger partial charge >= 0.3 is 0 Å². The number of likely N-dealkylation sites (tertiary alicyclic amines) is 1. The average Bonchev–Trinajstić information content (AvgIpc) is 2.36. The van der Waals surface area contributed by atoms with Crippen LogP contribution in [0.5, 0.6) is 0 Å². The van der Waals surface area contributed by atoms with Gasteiger partial charge in [0.05, 0.1) is 0 Å². The van der Waals surface area contributed by atoms with Crippen LogP contribution in [0, 0.1) is 5.82 Å². The first kappa shape index (κ1) is 14.6. The van der Waals surface area contributed by atoms with E-state index in [1.807, 2.05) is 4.90 Å². The van der Waals surface area contributed by atoms with Gasteiger partial charge in [0.25, 0.3) is 6.43 Å². The van der Waals surface area contributed by atoms with E-state index in [0.29, 0.717) is 30.2 Å². The fourth-order valence-corrected chi connectivity index (χ4v) is 2.40. The van der Waals surface area contributed by atoms with E-state index in [0.717, 1.165) is 0 Å². The Balaban J connectivity index is 1.98. The van der Waals surface area contributed by atoms with E-state index in [2.05, 4.69) is 0 Å². The SMILES string of the molecule is OC1(C(F)F)CCN(Cc2cc(F)ccc2Cl)CC1. The maximum absolute atomic E-state index is 13.1. The van der Waals surface area contributed by atoms with Crippen LogP contribution in [0.2, 0.25) is 5.02 Å². The molecule has 1 aliphatic rings. The summed E-state index contributed by atoms with van der Waals surface area (Å²) in [7, 11) is 0. The van der Waals surface area contributed by atoms with Gasteiger partial charge in [-0.1, -0.05) is 11.6 Å². The number of rotatable bonds is 3. The summed E-state index contributed by atoms with van der Waals surface area (Å²) in [6, 6.07) is 4.10. The molecule has 1 fully saturated rings. The van der Waals surface area contributed by atoms with Crippen molar-refractivity contribution in [3.63, 3.8) is 0 Å². The van der Waals surface area contributed by atoms with E-state index in [1.165, 1.54) is 18.2 Å². The molecule has 1 saturated heterocycles. The average molecular weight is 294 g/mol. The molecule has 0 atom stereocenters. The minimum absolute atomic E-state index is 0.0115. The first-order valence-corrected chi connectivity index (χ1v) is 6.45. The van der Waals surface area contributed by atoms with E-state index in [1.54, 1.807) is 0 Å². The summed E-state index contributed by atoms with van der Waals surface area (Å²) in [5.41, 5.74) is -1.26. The van der Waals surface area contributed by atoms with Crippen LogP contribution in [0.1, 0.15) is 18.4 Å². The van der Waals surface area contributed by atoms with Crippen molar-refractivity contribution in [1.82, 2.24) is 4.90 Å². The van der Waals surface area contributed by atoms with Crippen LogP contribution in [0.25, 0.3) is 0 Å². The monoisotopic (exact) mass is 293 g/mol. The lowest BCUT2D eigenvalue weighted by Gasteiger charge is -2.37. The first-order chi connectivity index (χ1) is 8.90. The molecular formula is C13H15ClF3NO. The summed E-state index contributed by atoms with van der Waals surface area (Å²) >= 11 is 5.96. The van der Waals surface area contributed by atoms with Gasteiger partial charge in [-0.3, -0.25) is 4.90 Å². The Hall–Kier alpha value is -0.780. The van der Waals surface area contributed by atoms with Crippen molar-refractivity contribution >= 4 is 11.6 Å². The van der Waals surface area contributed by atoms with Crippen LogP contribution < -0.4 is 0 Å². The van der Waals surface area contributed by atoms with Crippen molar-refractivity contribution in [3.05, 3.63) is 34.6 Å². The zero-order chi connectivity index (χ0) is 14.0. The fraction of sp³-hybridized carbons (Fsp3) is 0.538. The molecule has 0 aromatic heterocycles. The van der Waals surface area contributed by atoms with Crippen molar-refractivity contribution in [2.75, 3.05) is 13.1 Å². The Bertz CT molecular complexity index is 448. The second-order valence-electron chi connectivity index (χ2n) is 4.92. The predicted molar refractivity (Wildman–Crippen MR) is 66.9 cm³/mol. The molecule has 0 bridgehead atoms. The van der Waals surface area contributed by atoms with Crippen LogP contribution in [-0.2, 0) is 6.54 Å². The molecule has 0 unspecified atom stereocenters. The van der Waals surface area contributed by atoms with Gasteiger partial charge in [-0.25, -0.2) is 13.2 Å². The topological polar surface area (TPSA) is 23.5 Å². The highest BCUT2D eigenvalue weighted by Gasteiger charge is 2.40. The van der Waals surface area contributed by atoms with Crippen LogP contribution in [0.4, 0.5) is 13.2 Å². The Morgan fingerprint density at radius 1 is 1.32 bits per heavy atom. The molecular weight excluding hydrogens is 279 g/mol. The molecule has 1 heterocycles. The van der Waals surface area contributed by atoms with E-state index in [4.69, 9.17) is 11.6 Å². The number of alkyl halides is 2. The van der Waals surface area contributed by atoms with Crippen molar-refractivity contribution in [2.24, 2.45) is 0 Å². The van der Waals surface area contributed by atoms with Gasteiger partial charge in [0, 0.05) is 24.7 Å². The number of benzene rings is 1. The lowest BCUT2D eigenvalue weighted by Crippen LogP contribution is -2.48. The largest absolute Gasteiger partial charge is 0.384 e. The predicted octanol–water partition coefficient (Wildman–Crippen LogP) is 3.07. The van der Waals surface area contributed by atoms with Crippen LogP contribution >= 0.6 is 11.6 Å². The number of aliphatic hydroxyl groups is 1. The summed E-state index contributed by atoms with van der Waals surface area (Å²) in [5, 5.41) is 10.1. The third-order valence-corrected chi connectivity index (χ3v) is 3.90.